The monoisotopic (exact) mass is 335 g/mol. The van der Waals surface area contributed by atoms with Gasteiger partial charge >= 0.3 is 0 Å². The third-order valence-corrected chi connectivity index (χ3v) is 4.54. The lowest BCUT2D eigenvalue weighted by Crippen LogP contribution is -2.13. The molecule has 2 N–H and O–H groups in total. The molecule has 0 aliphatic heterocycles. The van der Waals surface area contributed by atoms with Gasteiger partial charge in [-0.1, -0.05) is 22.2 Å². The Labute approximate surface area is 115 Å². The first kappa shape index (κ1) is 12.9. The molecule has 90 valence electrons. The first-order valence-electron chi connectivity index (χ1n) is 4.70. The molecule has 3 nitrogen and oxygen atoms in total. The van der Waals surface area contributed by atoms with Crippen LogP contribution in [0.4, 0.5) is 4.39 Å². The number of rotatable bonds is 2. The van der Waals surface area contributed by atoms with Gasteiger partial charge in [0, 0.05) is 10.0 Å². The maximum Gasteiger partial charge on any atom is 0.148 e. The predicted octanol–water partition coefficient (Wildman–Crippen LogP) is 3.45. The van der Waals surface area contributed by atoms with Crippen molar-refractivity contribution in [2.75, 3.05) is 0 Å². The fourth-order valence-corrected chi connectivity index (χ4v) is 2.59. The van der Waals surface area contributed by atoms with E-state index in [-0.39, 0.29) is 5.02 Å². The molecule has 1 heterocycles. The van der Waals surface area contributed by atoms with E-state index in [4.69, 9.17) is 17.3 Å². The Morgan fingerprint density at radius 2 is 2.24 bits per heavy atom. The Balaban J connectivity index is 2.48. The summed E-state index contributed by atoms with van der Waals surface area (Å²) in [4.78, 5) is 0.738. The smallest absolute Gasteiger partial charge is 0.148 e. The molecule has 0 saturated heterocycles. The summed E-state index contributed by atoms with van der Waals surface area (Å²) in [5, 5.41) is 3.89. The standard InChI is InChI=1S/C10H8BrClFN3S/c1-4-10(17-16-15-4)9(14)5-2-3-6(11)7(12)8(5)13/h2-3,9H,14H2,1H3. The zero-order valence-electron chi connectivity index (χ0n) is 8.75. The quantitative estimate of drug-likeness (QED) is 0.855. The van der Waals surface area contributed by atoms with Crippen LogP contribution >= 0.6 is 39.1 Å². The van der Waals surface area contributed by atoms with Crippen LogP contribution in [0.25, 0.3) is 0 Å². The van der Waals surface area contributed by atoms with Crippen LogP contribution in [0.5, 0.6) is 0 Å². The minimum absolute atomic E-state index is 0.0353. The Hall–Kier alpha value is -0.560. The Kier molecular flexibility index (Phi) is 3.77. The normalized spacial score (nSPS) is 12.8. The highest BCUT2D eigenvalue weighted by molar-refractivity contribution is 9.10. The summed E-state index contributed by atoms with van der Waals surface area (Å²) in [6.45, 7) is 1.79. The van der Waals surface area contributed by atoms with E-state index in [1.165, 1.54) is 0 Å². The van der Waals surface area contributed by atoms with Crippen molar-refractivity contribution in [3.8, 4) is 0 Å². The van der Waals surface area contributed by atoms with Gasteiger partial charge in [-0.25, -0.2) is 4.39 Å². The van der Waals surface area contributed by atoms with Crippen molar-refractivity contribution in [3.05, 3.63) is 43.6 Å². The molecule has 0 aliphatic rings. The summed E-state index contributed by atoms with van der Waals surface area (Å²) >= 11 is 10.1. The van der Waals surface area contributed by atoms with Crippen molar-refractivity contribution in [2.24, 2.45) is 5.73 Å². The van der Waals surface area contributed by atoms with Gasteiger partial charge in [0.2, 0.25) is 0 Å². The van der Waals surface area contributed by atoms with E-state index in [9.17, 15) is 4.39 Å². The van der Waals surface area contributed by atoms with Crippen LogP contribution in [-0.2, 0) is 0 Å². The van der Waals surface area contributed by atoms with Crippen molar-refractivity contribution < 1.29 is 4.39 Å². The number of aryl methyl sites for hydroxylation is 1. The van der Waals surface area contributed by atoms with E-state index >= 15 is 0 Å². The lowest BCUT2D eigenvalue weighted by molar-refractivity contribution is 0.600. The molecule has 1 unspecified atom stereocenters. The highest BCUT2D eigenvalue weighted by Crippen LogP contribution is 2.33. The van der Waals surface area contributed by atoms with Crippen molar-refractivity contribution in [1.29, 1.82) is 0 Å². The topological polar surface area (TPSA) is 51.8 Å². The molecule has 0 amide bonds. The van der Waals surface area contributed by atoms with Crippen LogP contribution in [-0.4, -0.2) is 9.59 Å². The van der Waals surface area contributed by atoms with Crippen LogP contribution < -0.4 is 5.73 Å². The summed E-state index contributed by atoms with van der Waals surface area (Å²) in [5.74, 6) is -0.513. The number of nitrogens with two attached hydrogens (primary N) is 1. The lowest BCUT2D eigenvalue weighted by atomic mass is 10.0. The molecule has 0 radical (unpaired) electrons. The van der Waals surface area contributed by atoms with E-state index in [2.05, 4.69) is 25.5 Å². The van der Waals surface area contributed by atoms with Crippen LogP contribution in [0.3, 0.4) is 0 Å². The number of hydrogen-bond donors (Lipinski definition) is 1. The molecule has 0 aliphatic carbocycles. The Morgan fingerprint density at radius 3 is 2.82 bits per heavy atom. The van der Waals surface area contributed by atoms with Crippen LogP contribution in [0, 0.1) is 12.7 Å². The number of nitrogens with zero attached hydrogens (tertiary/aromatic N) is 2. The molecule has 2 aromatic rings. The summed E-state index contributed by atoms with van der Waals surface area (Å²) in [6.07, 6.45) is 0. The molecular weight excluding hydrogens is 329 g/mol. The Bertz CT molecular complexity index is 560. The highest BCUT2D eigenvalue weighted by Gasteiger charge is 2.20. The third kappa shape index (κ3) is 2.35. The molecule has 2 rings (SSSR count). The van der Waals surface area contributed by atoms with Crippen molar-refractivity contribution in [3.63, 3.8) is 0 Å². The molecule has 7 heteroatoms. The van der Waals surface area contributed by atoms with Gasteiger partial charge in [-0.3, -0.25) is 0 Å². The van der Waals surface area contributed by atoms with Crippen molar-refractivity contribution in [1.82, 2.24) is 9.59 Å². The minimum atomic E-state index is -0.597. The summed E-state index contributed by atoms with van der Waals surface area (Å²) in [5.41, 5.74) is 7.05. The molecule has 1 atom stereocenters. The molecule has 17 heavy (non-hydrogen) atoms. The van der Waals surface area contributed by atoms with Gasteiger partial charge in [0.15, 0.2) is 0 Å². The molecule has 1 aromatic carbocycles. The van der Waals surface area contributed by atoms with Crippen LogP contribution in [0.15, 0.2) is 16.6 Å². The molecule has 0 spiro atoms. The lowest BCUT2D eigenvalue weighted by Gasteiger charge is -2.12. The fraction of sp³-hybridized carbons (Fsp3) is 0.200. The van der Waals surface area contributed by atoms with Gasteiger partial charge < -0.3 is 5.73 Å². The molecule has 0 bridgehead atoms. The number of hydrogen-bond acceptors (Lipinski definition) is 4. The van der Waals surface area contributed by atoms with Crippen molar-refractivity contribution >= 4 is 39.1 Å². The molecule has 1 aromatic heterocycles. The van der Waals surface area contributed by atoms with Crippen molar-refractivity contribution in [2.45, 2.75) is 13.0 Å². The van der Waals surface area contributed by atoms with Gasteiger partial charge in [0.05, 0.1) is 21.6 Å². The predicted molar refractivity (Wildman–Crippen MR) is 69.8 cm³/mol. The average Bonchev–Trinajstić information content (AvgIpc) is 2.72. The maximum atomic E-state index is 14.0. The zero-order chi connectivity index (χ0) is 12.6. The maximum absolute atomic E-state index is 14.0. The second-order valence-electron chi connectivity index (χ2n) is 3.46. The molecule has 0 saturated carbocycles. The van der Waals surface area contributed by atoms with Gasteiger partial charge in [-0.05, 0) is 40.5 Å². The highest BCUT2D eigenvalue weighted by atomic mass is 79.9. The average molecular weight is 337 g/mol. The zero-order valence-corrected chi connectivity index (χ0v) is 11.9. The number of benzene rings is 1. The number of aromatic nitrogens is 2. The number of halogens is 3. The summed E-state index contributed by atoms with van der Waals surface area (Å²) in [7, 11) is 0. The summed E-state index contributed by atoms with van der Waals surface area (Å²) in [6, 6.07) is 2.68. The molecular formula is C10H8BrClFN3S. The largest absolute Gasteiger partial charge is 0.319 e. The first-order valence-corrected chi connectivity index (χ1v) is 6.64. The van der Waals surface area contributed by atoms with Crippen LogP contribution in [0.1, 0.15) is 22.2 Å². The Morgan fingerprint density at radius 1 is 1.53 bits per heavy atom. The fourth-order valence-electron chi connectivity index (χ4n) is 1.45. The third-order valence-electron chi connectivity index (χ3n) is 2.37. The van der Waals surface area contributed by atoms with Gasteiger partial charge in [-0.15, -0.1) is 5.10 Å². The first-order chi connectivity index (χ1) is 8.02. The molecule has 0 fully saturated rings. The van der Waals surface area contributed by atoms with E-state index in [1.54, 1.807) is 19.1 Å². The minimum Gasteiger partial charge on any atom is -0.319 e. The van der Waals surface area contributed by atoms with E-state index in [1.807, 2.05) is 0 Å². The SMILES string of the molecule is Cc1nnsc1C(N)c1ccc(Br)c(Cl)c1F. The van der Waals surface area contributed by atoms with Gasteiger partial charge in [0.1, 0.15) is 5.82 Å². The second kappa shape index (κ2) is 4.97. The second-order valence-corrected chi connectivity index (χ2v) is 5.48. The van der Waals surface area contributed by atoms with E-state index in [0.717, 1.165) is 16.4 Å². The van der Waals surface area contributed by atoms with E-state index in [0.29, 0.717) is 15.7 Å². The van der Waals surface area contributed by atoms with Gasteiger partial charge in [-0.2, -0.15) is 0 Å². The van der Waals surface area contributed by atoms with Crippen LogP contribution in [0.2, 0.25) is 5.02 Å². The van der Waals surface area contributed by atoms with Gasteiger partial charge in [0.25, 0.3) is 0 Å². The van der Waals surface area contributed by atoms with E-state index < -0.39 is 11.9 Å². The summed E-state index contributed by atoms with van der Waals surface area (Å²) < 4.78 is 18.2.